The number of rotatable bonds is 3. The molecule has 0 saturated heterocycles. The third-order valence-electron chi connectivity index (χ3n) is 0.967. The number of carbonyl (C=O) groups is 2. The number of carbonyl (C=O) groups excluding carboxylic acids is 2. The highest BCUT2D eigenvalue weighted by molar-refractivity contribution is 5.83. The van der Waals surface area contributed by atoms with E-state index in [-0.39, 0.29) is 12.4 Å². The van der Waals surface area contributed by atoms with Crippen LogP contribution in [0.2, 0.25) is 0 Å². The number of methoxy groups -OCH3 is 2. The Morgan fingerprint density at radius 1 is 1.27 bits per heavy atom. The first kappa shape index (κ1) is 9.68. The highest BCUT2D eigenvalue weighted by Crippen LogP contribution is 1.87. The predicted octanol–water partition coefficient (Wildman–Crippen LogP) is 0.279. The molecular weight excluding hydrogens is 148 g/mol. The molecule has 62 valence electrons. The summed E-state index contributed by atoms with van der Waals surface area (Å²) in [7, 11) is 2.55. The van der Waals surface area contributed by atoms with E-state index in [4.69, 9.17) is 0 Å². The Hall–Kier alpha value is -1.32. The molecule has 4 heteroatoms. The molecule has 0 aliphatic rings. The highest BCUT2D eigenvalue weighted by Gasteiger charge is 1.95. The van der Waals surface area contributed by atoms with Crippen LogP contribution in [0.3, 0.4) is 0 Å². The molecule has 0 rings (SSSR count). The Balaban J connectivity index is 3.60. The van der Waals surface area contributed by atoms with E-state index in [9.17, 15) is 9.59 Å². The lowest BCUT2D eigenvalue weighted by molar-refractivity contribution is -0.139. The molecule has 0 heterocycles. The van der Waals surface area contributed by atoms with Gasteiger partial charge in [0, 0.05) is 6.08 Å². The van der Waals surface area contributed by atoms with Crippen LogP contribution in [0.4, 0.5) is 0 Å². The standard InChI is InChI=1S/C7H10O4/c1-10-6(8)4-3-5-7(9)11-2/h3-4H,5H2,1-2H3/b4-3-. The Morgan fingerprint density at radius 2 is 1.91 bits per heavy atom. The topological polar surface area (TPSA) is 52.6 Å². The third kappa shape index (κ3) is 5.14. The fraction of sp³-hybridized carbons (Fsp3) is 0.429. The van der Waals surface area contributed by atoms with Crippen molar-refractivity contribution in [2.75, 3.05) is 14.2 Å². The average molecular weight is 158 g/mol. The fourth-order valence-corrected chi connectivity index (χ4v) is 0.403. The summed E-state index contributed by atoms with van der Waals surface area (Å²) in [5.41, 5.74) is 0. The molecule has 0 aromatic heterocycles. The van der Waals surface area contributed by atoms with Gasteiger partial charge in [-0.2, -0.15) is 0 Å². The average Bonchev–Trinajstić information content (AvgIpc) is 2.04. The molecule has 0 amide bonds. The first-order chi connectivity index (χ1) is 5.20. The number of hydrogen-bond donors (Lipinski definition) is 0. The van der Waals surface area contributed by atoms with Gasteiger partial charge in [-0.15, -0.1) is 0 Å². The summed E-state index contributed by atoms with van der Waals surface area (Å²) < 4.78 is 8.61. The van der Waals surface area contributed by atoms with Gasteiger partial charge < -0.3 is 9.47 Å². The second-order valence-corrected chi connectivity index (χ2v) is 1.71. The van der Waals surface area contributed by atoms with Crippen LogP contribution in [0.15, 0.2) is 12.2 Å². The van der Waals surface area contributed by atoms with Crippen molar-refractivity contribution in [3.05, 3.63) is 12.2 Å². The molecule has 0 saturated carbocycles. The maximum Gasteiger partial charge on any atom is 0.330 e. The van der Waals surface area contributed by atoms with Crippen molar-refractivity contribution in [3.63, 3.8) is 0 Å². The minimum Gasteiger partial charge on any atom is -0.469 e. The molecule has 4 nitrogen and oxygen atoms in total. The lowest BCUT2D eigenvalue weighted by Gasteiger charge is -1.91. The van der Waals surface area contributed by atoms with Crippen molar-refractivity contribution in [1.29, 1.82) is 0 Å². The quantitative estimate of drug-likeness (QED) is 0.437. The van der Waals surface area contributed by atoms with Crippen molar-refractivity contribution in [1.82, 2.24) is 0 Å². The predicted molar refractivity (Wildman–Crippen MR) is 37.8 cm³/mol. The van der Waals surface area contributed by atoms with Crippen molar-refractivity contribution in [2.45, 2.75) is 6.42 Å². The Labute approximate surface area is 64.8 Å². The van der Waals surface area contributed by atoms with Crippen LogP contribution in [0, 0.1) is 0 Å². The van der Waals surface area contributed by atoms with E-state index in [1.54, 1.807) is 0 Å². The van der Waals surface area contributed by atoms with E-state index < -0.39 is 5.97 Å². The number of hydrogen-bond acceptors (Lipinski definition) is 4. The van der Waals surface area contributed by atoms with E-state index in [0.717, 1.165) is 0 Å². The van der Waals surface area contributed by atoms with Gasteiger partial charge in [0.1, 0.15) is 0 Å². The van der Waals surface area contributed by atoms with Crippen LogP contribution in [-0.4, -0.2) is 26.2 Å². The first-order valence-electron chi connectivity index (χ1n) is 3.02. The summed E-state index contributed by atoms with van der Waals surface area (Å²) in [6.45, 7) is 0. The summed E-state index contributed by atoms with van der Waals surface area (Å²) in [5, 5.41) is 0. The van der Waals surface area contributed by atoms with Gasteiger partial charge in [0.05, 0.1) is 20.6 Å². The second kappa shape index (κ2) is 5.46. The normalized spacial score (nSPS) is 9.64. The second-order valence-electron chi connectivity index (χ2n) is 1.71. The van der Waals surface area contributed by atoms with E-state index in [1.165, 1.54) is 26.4 Å². The van der Waals surface area contributed by atoms with Crippen molar-refractivity contribution >= 4 is 11.9 Å². The summed E-state index contributed by atoms with van der Waals surface area (Å²) in [5.74, 6) is -0.862. The molecule has 0 aliphatic heterocycles. The van der Waals surface area contributed by atoms with Gasteiger partial charge >= 0.3 is 11.9 Å². The summed E-state index contributed by atoms with van der Waals surface area (Å²) in [6.07, 6.45) is 2.65. The molecular formula is C7H10O4. The maximum absolute atomic E-state index is 10.5. The van der Waals surface area contributed by atoms with Gasteiger partial charge in [0.2, 0.25) is 0 Å². The molecule has 0 atom stereocenters. The number of esters is 2. The van der Waals surface area contributed by atoms with Crippen LogP contribution in [-0.2, 0) is 19.1 Å². The Bertz CT molecular complexity index is 171. The van der Waals surface area contributed by atoms with Gasteiger partial charge in [-0.05, 0) is 0 Å². The van der Waals surface area contributed by atoms with Crippen LogP contribution in [0.25, 0.3) is 0 Å². The molecule has 0 spiro atoms. The summed E-state index contributed by atoms with van der Waals surface area (Å²) in [6, 6.07) is 0. The third-order valence-corrected chi connectivity index (χ3v) is 0.967. The molecule has 0 aromatic carbocycles. The monoisotopic (exact) mass is 158 g/mol. The molecule has 0 bridgehead atoms. The van der Waals surface area contributed by atoms with Gasteiger partial charge in [0.25, 0.3) is 0 Å². The zero-order chi connectivity index (χ0) is 8.69. The van der Waals surface area contributed by atoms with Gasteiger partial charge in [0.15, 0.2) is 0 Å². The lowest BCUT2D eigenvalue weighted by atomic mass is 10.4. The minimum absolute atomic E-state index is 0.0889. The molecule has 0 aliphatic carbocycles. The zero-order valence-corrected chi connectivity index (χ0v) is 6.49. The smallest absolute Gasteiger partial charge is 0.330 e. The van der Waals surface area contributed by atoms with E-state index >= 15 is 0 Å². The SMILES string of the molecule is COC(=O)/C=C\CC(=O)OC. The van der Waals surface area contributed by atoms with Gasteiger partial charge in [-0.25, -0.2) is 4.79 Å². The summed E-state index contributed by atoms with van der Waals surface area (Å²) >= 11 is 0. The minimum atomic E-state index is -0.478. The van der Waals surface area contributed by atoms with E-state index in [2.05, 4.69) is 9.47 Å². The molecule has 0 N–H and O–H groups in total. The van der Waals surface area contributed by atoms with E-state index in [1.807, 2.05) is 0 Å². The Kier molecular flexibility index (Phi) is 4.81. The first-order valence-corrected chi connectivity index (χ1v) is 3.02. The van der Waals surface area contributed by atoms with Crippen LogP contribution < -0.4 is 0 Å². The largest absolute Gasteiger partial charge is 0.469 e. The molecule has 0 aromatic rings. The van der Waals surface area contributed by atoms with Crippen LogP contribution >= 0.6 is 0 Å². The lowest BCUT2D eigenvalue weighted by Crippen LogP contribution is -1.98. The van der Waals surface area contributed by atoms with Crippen LogP contribution in [0.5, 0.6) is 0 Å². The maximum atomic E-state index is 10.5. The van der Waals surface area contributed by atoms with E-state index in [0.29, 0.717) is 0 Å². The van der Waals surface area contributed by atoms with Gasteiger partial charge in [-0.3, -0.25) is 4.79 Å². The molecule has 0 unspecified atom stereocenters. The van der Waals surface area contributed by atoms with Crippen molar-refractivity contribution in [2.24, 2.45) is 0 Å². The van der Waals surface area contributed by atoms with Crippen molar-refractivity contribution < 1.29 is 19.1 Å². The van der Waals surface area contributed by atoms with Crippen LogP contribution in [0.1, 0.15) is 6.42 Å². The van der Waals surface area contributed by atoms with Gasteiger partial charge in [-0.1, -0.05) is 6.08 Å². The fourth-order valence-electron chi connectivity index (χ4n) is 0.403. The molecule has 11 heavy (non-hydrogen) atoms. The molecule has 0 radical (unpaired) electrons. The summed E-state index contributed by atoms with van der Waals surface area (Å²) in [4.78, 5) is 20.9. The van der Waals surface area contributed by atoms with Crippen molar-refractivity contribution in [3.8, 4) is 0 Å². The Morgan fingerprint density at radius 3 is 2.36 bits per heavy atom. The zero-order valence-electron chi connectivity index (χ0n) is 6.49. The highest BCUT2D eigenvalue weighted by atomic mass is 16.5. The molecule has 0 fully saturated rings. The number of ether oxygens (including phenoxy) is 2.